The summed E-state index contributed by atoms with van der Waals surface area (Å²) >= 11 is 5.99. The monoisotopic (exact) mass is 357 g/mol. The van der Waals surface area contributed by atoms with E-state index in [0.717, 1.165) is 30.8 Å². The first kappa shape index (κ1) is 18.5. The lowest BCUT2D eigenvalue weighted by molar-refractivity contribution is -0.117. The van der Waals surface area contributed by atoms with Gasteiger partial charge in [-0.2, -0.15) is 0 Å². The Balaban J connectivity index is 0.00000192. The molecule has 1 amide bonds. The van der Waals surface area contributed by atoms with E-state index in [4.69, 9.17) is 17.3 Å². The van der Waals surface area contributed by atoms with Crippen LogP contribution in [0.4, 0.5) is 5.69 Å². The maximum absolute atomic E-state index is 12.3. The maximum Gasteiger partial charge on any atom is 0.238 e. The lowest BCUT2D eigenvalue weighted by Gasteiger charge is -2.29. The third-order valence-corrected chi connectivity index (χ3v) is 5.31. The van der Waals surface area contributed by atoms with Gasteiger partial charge >= 0.3 is 0 Å². The van der Waals surface area contributed by atoms with Crippen LogP contribution < -0.4 is 11.1 Å². The third-order valence-electron chi connectivity index (χ3n) is 5.07. The molecule has 6 heteroatoms. The van der Waals surface area contributed by atoms with Crippen LogP contribution in [0.5, 0.6) is 0 Å². The van der Waals surface area contributed by atoms with Gasteiger partial charge < -0.3 is 11.1 Å². The molecular weight excluding hydrogens is 333 g/mol. The van der Waals surface area contributed by atoms with E-state index in [2.05, 4.69) is 10.2 Å². The summed E-state index contributed by atoms with van der Waals surface area (Å²) in [7, 11) is 0. The van der Waals surface area contributed by atoms with E-state index in [9.17, 15) is 4.79 Å². The zero-order chi connectivity index (χ0) is 15.7. The number of rotatable bonds is 3. The third kappa shape index (κ3) is 4.38. The minimum Gasteiger partial charge on any atom is -0.327 e. The molecule has 1 aliphatic heterocycles. The van der Waals surface area contributed by atoms with Crippen LogP contribution in [0.15, 0.2) is 18.2 Å². The number of carbonyl (C=O) groups is 1. The quantitative estimate of drug-likeness (QED) is 0.873. The summed E-state index contributed by atoms with van der Waals surface area (Å²) in [6.45, 7) is 4.36. The Hall–Kier alpha value is -0.810. The molecule has 0 radical (unpaired) electrons. The van der Waals surface area contributed by atoms with Crippen LogP contribution in [0.3, 0.4) is 0 Å². The van der Waals surface area contributed by atoms with Gasteiger partial charge in [0, 0.05) is 29.8 Å². The molecule has 4 nitrogen and oxygen atoms in total. The number of aryl methyl sites for hydroxylation is 1. The molecule has 23 heavy (non-hydrogen) atoms. The summed E-state index contributed by atoms with van der Waals surface area (Å²) in [5.74, 6) is 1.26. The summed E-state index contributed by atoms with van der Waals surface area (Å²) in [6, 6.07) is 5.86. The van der Waals surface area contributed by atoms with Crippen LogP contribution in [-0.4, -0.2) is 36.5 Å². The van der Waals surface area contributed by atoms with Crippen molar-refractivity contribution in [3.05, 3.63) is 28.8 Å². The first-order valence-corrected chi connectivity index (χ1v) is 8.44. The van der Waals surface area contributed by atoms with Gasteiger partial charge in [0.05, 0.1) is 6.54 Å². The molecule has 1 saturated heterocycles. The molecule has 0 spiro atoms. The van der Waals surface area contributed by atoms with Crippen LogP contribution in [0.2, 0.25) is 5.02 Å². The summed E-state index contributed by atoms with van der Waals surface area (Å²) < 4.78 is 0. The predicted molar refractivity (Wildman–Crippen MR) is 97.3 cm³/mol. The van der Waals surface area contributed by atoms with Gasteiger partial charge in [-0.1, -0.05) is 24.1 Å². The number of hydrogen-bond acceptors (Lipinski definition) is 3. The van der Waals surface area contributed by atoms with Gasteiger partial charge in [0.25, 0.3) is 0 Å². The fourth-order valence-corrected chi connectivity index (χ4v) is 4.03. The van der Waals surface area contributed by atoms with Gasteiger partial charge in [-0.25, -0.2) is 0 Å². The minimum atomic E-state index is 0. The normalized spacial score (nSPS) is 27.2. The second kappa shape index (κ2) is 7.84. The second-order valence-electron chi connectivity index (χ2n) is 6.72. The van der Waals surface area contributed by atoms with E-state index in [-0.39, 0.29) is 18.3 Å². The number of nitrogens with zero attached hydrogens (tertiary/aromatic N) is 1. The summed E-state index contributed by atoms with van der Waals surface area (Å²) in [5, 5.41) is 3.61. The molecule has 1 aliphatic carbocycles. The van der Waals surface area contributed by atoms with Crippen LogP contribution in [-0.2, 0) is 4.79 Å². The van der Waals surface area contributed by atoms with E-state index in [1.165, 1.54) is 12.8 Å². The number of nitrogens with two attached hydrogens (primary N) is 1. The van der Waals surface area contributed by atoms with Crippen molar-refractivity contribution in [1.29, 1.82) is 0 Å². The predicted octanol–water partition coefficient (Wildman–Crippen LogP) is 3.07. The van der Waals surface area contributed by atoms with Gasteiger partial charge in [0.2, 0.25) is 5.91 Å². The molecule has 3 rings (SSSR count). The Labute approximate surface area is 149 Å². The molecule has 2 fully saturated rings. The number of hydrogen-bond donors (Lipinski definition) is 2. The van der Waals surface area contributed by atoms with Crippen LogP contribution in [0.25, 0.3) is 0 Å². The Morgan fingerprint density at radius 2 is 2.17 bits per heavy atom. The summed E-state index contributed by atoms with van der Waals surface area (Å²) in [5.41, 5.74) is 8.05. The number of fused-ring (bicyclic) bond motifs is 1. The fraction of sp³-hybridized carbons (Fsp3) is 0.588. The molecule has 0 aromatic heterocycles. The molecule has 1 aromatic rings. The van der Waals surface area contributed by atoms with Gasteiger partial charge in [0.1, 0.15) is 0 Å². The fourth-order valence-electron chi connectivity index (χ4n) is 3.86. The summed E-state index contributed by atoms with van der Waals surface area (Å²) in [6.07, 6.45) is 3.61. The highest BCUT2D eigenvalue weighted by Crippen LogP contribution is 2.35. The highest BCUT2D eigenvalue weighted by Gasteiger charge is 2.38. The van der Waals surface area contributed by atoms with Crippen LogP contribution >= 0.6 is 24.0 Å². The Morgan fingerprint density at radius 3 is 2.91 bits per heavy atom. The molecule has 0 bridgehead atoms. The van der Waals surface area contributed by atoms with Crippen molar-refractivity contribution < 1.29 is 4.79 Å². The molecule has 2 aliphatic rings. The Morgan fingerprint density at radius 1 is 1.39 bits per heavy atom. The first-order chi connectivity index (χ1) is 10.5. The zero-order valence-electron chi connectivity index (χ0n) is 13.4. The number of nitrogens with one attached hydrogen (secondary N) is 1. The molecule has 1 heterocycles. The van der Waals surface area contributed by atoms with Gasteiger partial charge in [0.15, 0.2) is 0 Å². The number of benzene rings is 1. The molecule has 128 valence electrons. The van der Waals surface area contributed by atoms with Crippen molar-refractivity contribution in [2.45, 2.75) is 32.2 Å². The first-order valence-electron chi connectivity index (χ1n) is 8.07. The molecule has 1 aromatic carbocycles. The van der Waals surface area contributed by atoms with Crippen molar-refractivity contribution in [3.8, 4) is 0 Å². The molecule has 3 N–H and O–H groups in total. The average Bonchev–Trinajstić information content (AvgIpc) is 2.86. The van der Waals surface area contributed by atoms with Crippen molar-refractivity contribution >= 4 is 35.6 Å². The Bertz CT molecular complexity index is 567. The highest BCUT2D eigenvalue weighted by atomic mass is 35.5. The van der Waals surface area contributed by atoms with Gasteiger partial charge in [-0.05, 0) is 49.3 Å². The van der Waals surface area contributed by atoms with Crippen LogP contribution in [0, 0.1) is 18.8 Å². The lowest BCUT2D eigenvalue weighted by atomic mass is 9.78. The number of likely N-dealkylation sites (tertiary alicyclic amines) is 1. The lowest BCUT2D eigenvalue weighted by Crippen LogP contribution is -2.38. The maximum atomic E-state index is 12.3. The molecule has 1 saturated carbocycles. The van der Waals surface area contributed by atoms with Crippen molar-refractivity contribution in [1.82, 2.24) is 4.90 Å². The Kier molecular flexibility index (Phi) is 6.32. The number of anilines is 1. The summed E-state index contributed by atoms with van der Waals surface area (Å²) in [4.78, 5) is 14.5. The zero-order valence-corrected chi connectivity index (χ0v) is 15.0. The molecule has 3 atom stereocenters. The largest absolute Gasteiger partial charge is 0.327 e. The standard InChI is InChI=1S/C17H24ClN3O.ClH/c1-11-5-6-13(18)7-16(11)20-17(22)10-21-8-12-3-2-4-15(19)14(12)9-21;/h5-7,12,14-15H,2-4,8-10,19H2,1H3,(H,20,22);1H. The number of halogens is 2. The molecular formula is C17H25Cl2N3O. The second-order valence-corrected chi connectivity index (χ2v) is 7.16. The van der Waals surface area contributed by atoms with E-state index in [0.29, 0.717) is 29.4 Å². The average molecular weight is 358 g/mol. The van der Waals surface area contributed by atoms with Gasteiger partial charge in [-0.15, -0.1) is 12.4 Å². The highest BCUT2D eigenvalue weighted by molar-refractivity contribution is 6.31. The smallest absolute Gasteiger partial charge is 0.238 e. The number of amides is 1. The van der Waals surface area contributed by atoms with Crippen molar-refractivity contribution in [2.24, 2.45) is 17.6 Å². The van der Waals surface area contributed by atoms with E-state index in [1.807, 2.05) is 19.1 Å². The van der Waals surface area contributed by atoms with E-state index in [1.54, 1.807) is 6.07 Å². The van der Waals surface area contributed by atoms with E-state index >= 15 is 0 Å². The number of carbonyl (C=O) groups excluding carboxylic acids is 1. The topological polar surface area (TPSA) is 58.4 Å². The van der Waals surface area contributed by atoms with Crippen molar-refractivity contribution in [2.75, 3.05) is 25.0 Å². The van der Waals surface area contributed by atoms with Crippen molar-refractivity contribution in [3.63, 3.8) is 0 Å². The SMILES string of the molecule is Cc1ccc(Cl)cc1NC(=O)CN1CC2CCCC(N)C2C1.Cl. The van der Waals surface area contributed by atoms with Gasteiger partial charge in [-0.3, -0.25) is 9.69 Å². The van der Waals surface area contributed by atoms with Crippen LogP contribution in [0.1, 0.15) is 24.8 Å². The minimum absolute atomic E-state index is 0. The van der Waals surface area contributed by atoms with E-state index < -0.39 is 0 Å². The molecule has 3 unspecified atom stereocenters.